The molecule has 0 heterocycles. The van der Waals surface area contributed by atoms with E-state index < -0.39 is 0 Å². The Morgan fingerprint density at radius 3 is 1.60 bits per heavy atom. The molecule has 0 bridgehead atoms. The van der Waals surface area contributed by atoms with Crippen LogP contribution in [0.3, 0.4) is 0 Å². The van der Waals surface area contributed by atoms with Gasteiger partial charge in [-0.05, 0) is 0 Å². The van der Waals surface area contributed by atoms with Gasteiger partial charge in [0.25, 0.3) is 0 Å². The van der Waals surface area contributed by atoms with Crippen LogP contribution in [0.1, 0.15) is 7.43 Å². The molecule has 24 valence electrons. The number of nitriles is 1. The molecule has 0 atom stereocenters. The molecule has 0 aromatic carbocycles. The van der Waals surface area contributed by atoms with Crippen LogP contribution in [-0.4, -0.2) is 0 Å². The molecule has 0 rings (SSSR count). The van der Waals surface area contributed by atoms with Gasteiger partial charge in [-0.2, -0.15) is 0 Å². The summed E-state index contributed by atoms with van der Waals surface area (Å²) in [6, 6.07) is 0. The Morgan fingerprint density at radius 1 is 1.60 bits per heavy atom. The molecule has 2 nitrogen and oxygen atoms in total. The second kappa shape index (κ2) is 20.5. The van der Waals surface area contributed by atoms with Crippen molar-refractivity contribution in [2.24, 2.45) is 0 Å². The average molecular weight is 99.2 g/mol. The largest absolute Gasteiger partial charge is 1.00 e. The second-order valence-corrected chi connectivity index (χ2v) is 0.0913. The molecule has 3 heteroatoms. The van der Waals surface area contributed by atoms with Gasteiger partial charge >= 0.3 is 51.4 Å². The van der Waals surface area contributed by atoms with Crippen LogP contribution < -0.4 is 56.5 Å². The minimum absolute atomic E-state index is 0. The summed E-state index contributed by atoms with van der Waals surface area (Å²) < 4.78 is 0. The zero-order valence-electron chi connectivity index (χ0n) is 2.36. The van der Waals surface area contributed by atoms with E-state index in [0.29, 0.717) is 6.26 Å². The third-order valence-corrected chi connectivity index (χ3v) is 0. The van der Waals surface area contributed by atoms with Crippen molar-refractivity contribution >= 4 is 0 Å². The number of hydrogen-bond acceptors (Lipinski definition) is 2. The molecule has 0 N–H and O–H groups in total. The average Bonchev–Trinajstić information content (AvgIpc) is 0.918. The van der Waals surface area contributed by atoms with Crippen molar-refractivity contribution in [2.75, 3.05) is 0 Å². The fourth-order valence-corrected chi connectivity index (χ4v) is 0. The first-order chi connectivity index (χ1) is 1.41. The molecule has 0 aromatic rings. The van der Waals surface area contributed by atoms with Gasteiger partial charge in [0.1, 0.15) is 0 Å². The summed E-state index contributed by atoms with van der Waals surface area (Å²) in [4.78, 5) is 0. The van der Waals surface area contributed by atoms with Crippen LogP contribution in [0.5, 0.6) is 0 Å². The maximum Gasteiger partial charge on any atom is 1.00 e. The topological polar surface area (TPSA) is 46.8 Å². The first-order valence-electron chi connectivity index (χ1n) is 0.428. The Kier molecular flexibility index (Phi) is 68.7. The molecule has 0 aliphatic rings. The van der Waals surface area contributed by atoms with Crippen molar-refractivity contribution in [3.05, 3.63) is 0 Å². The Hall–Kier alpha value is 0.926. The molecular formula is C2H4KNO. The van der Waals surface area contributed by atoms with E-state index in [2.05, 4.69) is 0 Å². The fourth-order valence-electron chi connectivity index (χ4n) is 0. The van der Waals surface area contributed by atoms with Crippen molar-refractivity contribution in [1.29, 1.82) is 5.26 Å². The summed E-state index contributed by atoms with van der Waals surface area (Å²) in [5.74, 6) is 0. The van der Waals surface area contributed by atoms with Gasteiger partial charge in [-0.1, -0.05) is 7.43 Å². The van der Waals surface area contributed by atoms with Crippen molar-refractivity contribution in [1.82, 2.24) is 0 Å². The summed E-state index contributed by atoms with van der Waals surface area (Å²) in [6.07, 6.45) is 0.500. The molecule has 0 aromatic heterocycles. The predicted octanol–water partition coefficient (Wildman–Crippen LogP) is -3.53. The second-order valence-electron chi connectivity index (χ2n) is 0.0913. The molecule has 0 fully saturated rings. The van der Waals surface area contributed by atoms with Crippen LogP contribution in [-0.2, 0) is 0 Å². The molecule has 0 radical (unpaired) electrons. The van der Waals surface area contributed by atoms with Crippen LogP contribution in [0.4, 0.5) is 0 Å². The fraction of sp³-hybridized carbons (Fsp3) is 0.500. The van der Waals surface area contributed by atoms with E-state index in [1.165, 1.54) is 0 Å². The SMILES string of the molecule is N#C[O-].[14CH4].[K+]. The summed E-state index contributed by atoms with van der Waals surface area (Å²) in [7, 11) is 0. The van der Waals surface area contributed by atoms with Crippen molar-refractivity contribution in [3.63, 3.8) is 0 Å². The summed E-state index contributed by atoms with van der Waals surface area (Å²) in [6.45, 7) is 0. The summed E-state index contributed by atoms with van der Waals surface area (Å²) in [5.41, 5.74) is 0. The Morgan fingerprint density at radius 2 is 1.60 bits per heavy atom. The standard InChI is InChI=1S/CHNO.CH4.K/c2-1-3;;/h3H;1H4;/q;;+1/p-1/i;1+2;. The van der Waals surface area contributed by atoms with Gasteiger partial charge in [0, 0.05) is 6.26 Å². The molecular weight excluding hydrogens is 95.1 g/mol. The van der Waals surface area contributed by atoms with Gasteiger partial charge in [0.05, 0.1) is 0 Å². The van der Waals surface area contributed by atoms with Gasteiger partial charge in [0.2, 0.25) is 0 Å². The Balaban J connectivity index is -0.0000000200. The van der Waals surface area contributed by atoms with E-state index >= 15 is 0 Å². The van der Waals surface area contributed by atoms with E-state index in [1.807, 2.05) is 0 Å². The molecule has 0 spiro atoms. The van der Waals surface area contributed by atoms with E-state index in [1.54, 1.807) is 0 Å². The monoisotopic (exact) mass is 99.0 g/mol. The van der Waals surface area contributed by atoms with Crippen LogP contribution in [0.2, 0.25) is 0 Å². The van der Waals surface area contributed by atoms with Crippen LogP contribution in [0.25, 0.3) is 0 Å². The molecule has 0 amide bonds. The minimum atomic E-state index is 0. The summed E-state index contributed by atoms with van der Waals surface area (Å²) in [5, 5.41) is 15.0. The van der Waals surface area contributed by atoms with Gasteiger partial charge < -0.3 is 5.11 Å². The third-order valence-electron chi connectivity index (χ3n) is 0. The van der Waals surface area contributed by atoms with Gasteiger partial charge in [-0.3, -0.25) is 0 Å². The third kappa shape index (κ3) is 49.2. The van der Waals surface area contributed by atoms with Crippen molar-refractivity contribution in [3.8, 4) is 6.26 Å². The molecule has 0 unspecified atom stereocenters. The molecule has 0 aliphatic heterocycles. The van der Waals surface area contributed by atoms with Gasteiger partial charge in [-0.25, -0.2) is 5.26 Å². The maximum absolute atomic E-state index is 8.24. The first kappa shape index (κ1) is 16.8. The molecule has 5 heavy (non-hydrogen) atoms. The smallest absolute Gasteiger partial charge is 0.812 e. The normalized spacial score (nSPS) is 1.40. The van der Waals surface area contributed by atoms with Crippen molar-refractivity contribution < 1.29 is 56.5 Å². The Bertz CT molecular complexity index is 31.1. The van der Waals surface area contributed by atoms with Gasteiger partial charge in [0.15, 0.2) is 0 Å². The number of rotatable bonds is 0. The zero-order chi connectivity index (χ0) is 2.71. The minimum Gasteiger partial charge on any atom is -0.812 e. The summed E-state index contributed by atoms with van der Waals surface area (Å²) >= 11 is 0. The predicted molar refractivity (Wildman–Crippen MR) is 12.3 cm³/mol. The van der Waals surface area contributed by atoms with E-state index in [0.717, 1.165) is 0 Å². The first-order valence-corrected chi connectivity index (χ1v) is 0.428. The quantitative estimate of drug-likeness (QED) is 0.233. The molecule has 0 aliphatic carbocycles. The zero-order valence-corrected chi connectivity index (χ0v) is 5.48. The maximum atomic E-state index is 8.24. The van der Waals surface area contributed by atoms with Crippen LogP contribution >= 0.6 is 0 Å². The van der Waals surface area contributed by atoms with Crippen LogP contribution in [0.15, 0.2) is 0 Å². The van der Waals surface area contributed by atoms with E-state index in [4.69, 9.17) is 10.4 Å². The Labute approximate surface area is 74.2 Å². The molecule has 0 saturated heterocycles. The number of hydrogen-bond donors (Lipinski definition) is 0. The van der Waals surface area contributed by atoms with E-state index in [9.17, 15) is 0 Å². The van der Waals surface area contributed by atoms with E-state index in [-0.39, 0.29) is 58.8 Å². The van der Waals surface area contributed by atoms with Crippen LogP contribution in [0, 0.1) is 11.5 Å². The van der Waals surface area contributed by atoms with Crippen molar-refractivity contribution in [2.45, 2.75) is 7.43 Å². The molecule has 0 saturated carbocycles. The number of nitrogens with zero attached hydrogens (tertiary/aromatic N) is 1. The van der Waals surface area contributed by atoms with Gasteiger partial charge in [-0.15, -0.1) is 0 Å².